The van der Waals surface area contributed by atoms with Crippen LogP contribution in [0.15, 0.2) is 91.4 Å². The van der Waals surface area contributed by atoms with Crippen LogP contribution in [0.2, 0.25) is 0 Å². The van der Waals surface area contributed by atoms with E-state index < -0.39 is 0 Å². The maximum atomic E-state index is 5.38. The number of aromatic nitrogens is 3. The molecule has 6 rings (SSSR count). The van der Waals surface area contributed by atoms with Crippen molar-refractivity contribution in [2.75, 3.05) is 36.5 Å². The maximum Gasteiger partial charge on any atom is 0.150 e. The van der Waals surface area contributed by atoms with Crippen LogP contribution in [0.25, 0.3) is 27.8 Å². The van der Waals surface area contributed by atoms with Crippen LogP contribution in [0.4, 0.5) is 11.5 Å². The molecule has 0 spiro atoms. The number of piperazine rings is 1. The topological polar surface area (TPSA) is 46.4 Å². The van der Waals surface area contributed by atoms with Gasteiger partial charge in [0.15, 0.2) is 5.65 Å². The lowest BCUT2D eigenvalue weighted by Gasteiger charge is -2.42. The van der Waals surface area contributed by atoms with Gasteiger partial charge in [-0.05, 0) is 61.4 Å². The summed E-state index contributed by atoms with van der Waals surface area (Å²) in [5.74, 6) is 1.83. The van der Waals surface area contributed by atoms with E-state index in [2.05, 4.69) is 101 Å². The highest BCUT2D eigenvalue weighted by molar-refractivity contribution is 6.02. The highest BCUT2D eigenvalue weighted by Crippen LogP contribution is 2.37. The van der Waals surface area contributed by atoms with Crippen molar-refractivity contribution >= 4 is 22.5 Å². The van der Waals surface area contributed by atoms with Crippen LogP contribution >= 0.6 is 0 Å². The van der Waals surface area contributed by atoms with Crippen LogP contribution in [0.3, 0.4) is 0 Å². The largest absolute Gasteiger partial charge is 0.497 e. The van der Waals surface area contributed by atoms with Gasteiger partial charge in [-0.3, -0.25) is 0 Å². The molecule has 6 heteroatoms. The minimum absolute atomic E-state index is 0.351. The molecule has 1 unspecified atom stereocenters. The van der Waals surface area contributed by atoms with Gasteiger partial charge in [0.25, 0.3) is 0 Å². The van der Waals surface area contributed by atoms with Crippen molar-refractivity contribution in [3.8, 4) is 22.6 Å². The summed E-state index contributed by atoms with van der Waals surface area (Å²) in [5, 5.41) is 1.08. The third kappa shape index (κ3) is 4.29. The SMILES string of the molecule is COc1ccc(-n2cc(-c3ccccc3)c3c(N4CCN(c5cccc(C)c5)C(C)C4)ncnc32)cc1. The molecule has 3 aromatic carbocycles. The first-order valence-electron chi connectivity index (χ1n) is 12.8. The van der Waals surface area contributed by atoms with Gasteiger partial charge < -0.3 is 19.1 Å². The number of benzene rings is 3. The summed E-state index contributed by atoms with van der Waals surface area (Å²) in [5.41, 5.74) is 6.81. The average molecular weight is 490 g/mol. The standard InChI is InChI=1S/C31H31N5O/c1-22-8-7-11-26(18-22)35-17-16-34(19-23(35)2)30-29-28(24-9-5-4-6-10-24)20-36(31(29)33-21-32-30)25-12-14-27(37-3)15-13-25/h4-15,18,20-21,23H,16-17,19H2,1-3H3. The fraction of sp³-hybridized carbons (Fsp3) is 0.226. The Morgan fingerprint density at radius 3 is 2.41 bits per heavy atom. The number of ether oxygens (including phenoxy) is 1. The summed E-state index contributed by atoms with van der Waals surface area (Å²) >= 11 is 0. The molecular weight excluding hydrogens is 458 g/mol. The van der Waals surface area contributed by atoms with Crippen LogP contribution in [0.1, 0.15) is 12.5 Å². The van der Waals surface area contributed by atoms with Crippen molar-refractivity contribution in [3.05, 3.63) is 97.0 Å². The van der Waals surface area contributed by atoms with Gasteiger partial charge in [0.05, 0.1) is 12.5 Å². The van der Waals surface area contributed by atoms with E-state index in [4.69, 9.17) is 14.7 Å². The van der Waals surface area contributed by atoms with E-state index in [1.807, 2.05) is 12.1 Å². The van der Waals surface area contributed by atoms with Crippen molar-refractivity contribution < 1.29 is 4.74 Å². The van der Waals surface area contributed by atoms with E-state index in [9.17, 15) is 0 Å². The fourth-order valence-electron chi connectivity index (χ4n) is 5.40. The van der Waals surface area contributed by atoms with Crippen molar-refractivity contribution in [1.82, 2.24) is 14.5 Å². The molecule has 1 aliphatic heterocycles. The summed E-state index contributed by atoms with van der Waals surface area (Å²) in [7, 11) is 1.69. The average Bonchev–Trinajstić information content (AvgIpc) is 3.33. The Balaban J connectivity index is 1.43. The lowest BCUT2D eigenvalue weighted by atomic mass is 10.1. The molecule has 6 nitrogen and oxygen atoms in total. The van der Waals surface area contributed by atoms with Crippen molar-refractivity contribution in [3.63, 3.8) is 0 Å². The summed E-state index contributed by atoms with van der Waals surface area (Å²) in [6.45, 7) is 7.18. The zero-order chi connectivity index (χ0) is 25.4. The molecule has 0 amide bonds. The van der Waals surface area contributed by atoms with Gasteiger partial charge in [0, 0.05) is 48.8 Å². The number of hydrogen-bond acceptors (Lipinski definition) is 5. The molecule has 5 aromatic rings. The molecule has 0 N–H and O–H groups in total. The van der Waals surface area contributed by atoms with Crippen molar-refractivity contribution in [1.29, 1.82) is 0 Å². The van der Waals surface area contributed by atoms with Gasteiger partial charge >= 0.3 is 0 Å². The Labute approximate surface area is 217 Å². The molecular formula is C31H31N5O. The van der Waals surface area contributed by atoms with E-state index >= 15 is 0 Å². The second kappa shape index (κ2) is 9.62. The third-order valence-corrected chi connectivity index (χ3v) is 7.26. The number of methoxy groups -OCH3 is 1. The van der Waals surface area contributed by atoms with E-state index in [1.165, 1.54) is 11.3 Å². The quantitative estimate of drug-likeness (QED) is 0.298. The highest BCUT2D eigenvalue weighted by atomic mass is 16.5. The van der Waals surface area contributed by atoms with E-state index in [0.29, 0.717) is 6.04 Å². The fourth-order valence-corrected chi connectivity index (χ4v) is 5.40. The minimum Gasteiger partial charge on any atom is -0.497 e. The Kier molecular flexibility index (Phi) is 6.01. The molecule has 0 bridgehead atoms. The lowest BCUT2D eigenvalue weighted by Crippen LogP contribution is -2.52. The number of hydrogen-bond donors (Lipinski definition) is 0. The van der Waals surface area contributed by atoms with Crippen LogP contribution in [0.5, 0.6) is 5.75 Å². The van der Waals surface area contributed by atoms with Crippen molar-refractivity contribution in [2.45, 2.75) is 19.9 Å². The first kappa shape index (κ1) is 23.1. The Hall–Kier alpha value is -4.32. The molecule has 3 heterocycles. The monoisotopic (exact) mass is 489 g/mol. The number of nitrogens with zero attached hydrogens (tertiary/aromatic N) is 5. The number of fused-ring (bicyclic) bond motifs is 1. The molecule has 37 heavy (non-hydrogen) atoms. The molecule has 1 saturated heterocycles. The molecule has 0 radical (unpaired) electrons. The van der Waals surface area contributed by atoms with Crippen molar-refractivity contribution in [2.24, 2.45) is 0 Å². The van der Waals surface area contributed by atoms with E-state index in [1.54, 1.807) is 13.4 Å². The molecule has 0 saturated carbocycles. The number of rotatable bonds is 5. The van der Waals surface area contributed by atoms with Gasteiger partial charge in [-0.25, -0.2) is 9.97 Å². The van der Waals surface area contributed by atoms with Crippen LogP contribution in [0, 0.1) is 6.92 Å². The normalized spacial score (nSPS) is 15.8. The predicted octanol–water partition coefficient (Wildman–Crippen LogP) is 6.12. The Morgan fingerprint density at radius 2 is 1.68 bits per heavy atom. The summed E-state index contributed by atoms with van der Waals surface area (Å²) in [4.78, 5) is 14.6. The lowest BCUT2D eigenvalue weighted by molar-refractivity contribution is 0.415. The van der Waals surface area contributed by atoms with E-state index in [-0.39, 0.29) is 0 Å². The molecule has 1 fully saturated rings. The molecule has 1 atom stereocenters. The van der Waals surface area contributed by atoms with Crippen LogP contribution < -0.4 is 14.5 Å². The van der Waals surface area contributed by atoms with Gasteiger partial charge in [-0.1, -0.05) is 42.5 Å². The Bertz CT molecular complexity index is 1530. The zero-order valence-corrected chi connectivity index (χ0v) is 21.5. The van der Waals surface area contributed by atoms with Gasteiger partial charge in [-0.15, -0.1) is 0 Å². The van der Waals surface area contributed by atoms with E-state index in [0.717, 1.165) is 59.0 Å². The Morgan fingerprint density at radius 1 is 0.865 bits per heavy atom. The second-order valence-electron chi connectivity index (χ2n) is 9.70. The maximum absolute atomic E-state index is 5.38. The van der Waals surface area contributed by atoms with Crippen LogP contribution in [-0.2, 0) is 0 Å². The summed E-state index contributed by atoms with van der Waals surface area (Å²) in [6.07, 6.45) is 3.89. The molecule has 0 aliphatic carbocycles. The smallest absolute Gasteiger partial charge is 0.150 e. The number of anilines is 2. The van der Waals surface area contributed by atoms with Crippen LogP contribution in [-0.4, -0.2) is 47.3 Å². The third-order valence-electron chi connectivity index (χ3n) is 7.26. The summed E-state index contributed by atoms with van der Waals surface area (Å²) < 4.78 is 7.54. The minimum atomic E-state index is 0.351. The molecule has 2 aromatic heterocycles. The molecule has 186 valence electrons. The number of aryl methyl sites for hydroxylation is 1. The first-order valence-corrected chi connectivity index (χ1v) is 12.8. The summed E-state index contributed by atoms with van der Waals surface area (Å²) in [6, 6.07) is 27.8. The van der Waals surface area contributed by atoms with Gasteiger partial charge in [0.2, 0.25) is 0 Å². The van der Waals surface area contributed by atoms with Gasteiger partial charge in [-0.2, -0.15) is 0 Å². The first-order chi connectivity index (χ1) is 18.1. The second-order valence-corrected chi connectivity index (χ2v) is 9.70. The zero-order valence-electron chi connectivity index (χ0n) is 21.5. The van der Waals surface area contributed by atoms with Gasteiger partial charge in [0.1, 0.15) is 17.9 Å². The molecule has 1 aliphatic rings. The highest BCUT2D eigenvalue weighted by Gasteiger charge is 2.28. The predicted molar refractivity (Wildman–Crippen MR) is 151 cm³/mol.